The molecule has 1 aromatic carbocycles. The van der Waals surface area contributed by atoms with Crippen LogP contribution in [0.15, 0.2) is 29.0 Å². The van der Waals surface area contributed by atoms with Crippen molar-refractivity contribution >= 4 is 38.9 Å². The second-order valence-corrected chi connectivity index (χ2v) is 9.51. The Bertz CT molecular complexity index is 1350. The van der Waals surface area contributed by atoms with Crippen molar-refractivity contribution in [1.82, 2.24) is 19.9 Å². The number of rotatable bonds is 4. The van der Waals surface area contributed by atoms with Crippen molar-refractivity contribution < 1.29 is 23.1 Å². The Morgan fingerprint density at radius 1 is 1.44 bits per heavy atom. The number of nitrogens with one attached hydrogen (secondary N) is 2. The van der Waals surface area contributed by atoms with E-state index in [2.05, 4.69) is 36.2 Å². The number of hydrogen-bond acceptors (Lipinski definition) is 5. The molecular weight excluding hydrogens is 517 g/mol. The molecule has 1 saturated carbocycles. The lowest BCUT2D eigenvalue weighted by molar-refractivity contribution is -0.137. The molecule has 2 atom stereocenters. The molecule has 1 aliphatic heterocycles. The lowest BCUT2D eigenvalue weighted by Gasteiger charge is -2.14. The molecule has 0 bridgehead atoms. The van der Waals surface area contributed by atoms with E-state index < -0.39 is 17.8 Å². The van der Waals surface area contributed by atoms with Crippen LogP contribution in [0.2, 0.25) is 0 Å². The normalized spacial score (nSPS) is 21.7. The van der Waals surface area contributed by atoms with Gasteiger partial charge in [-0.1, -0.05) is 6.07 Å². The zero-order valence-corrected chi connectivity index (χ0v) is 19.2. The number of halogens is 4. The molecule has 8 nitrogen and oxygen atoms in total. The zero-order chi connectivity index (χ0) is 24.3. The van der Waals surface area contributed by atoms with Crippen molar-refractivity contribution in [3.8, 4) is 17.3 Å². The molecule has 2 fully saturated rings. The molecule has 0 radical (unpaired) electrons. The first-order chi connectivity index (χ1) is 16.1. The number of benzene rings is 1. The fourth-order valence-electron chi connectivity index (χ4n) is 4.82. The van der Waals surface area contributed by atoms with Gasteiger partial charge in [0.2, 0.25) is 5.95 Å². The number of carboxylic acid groups (broad SMARTS) is 1. The molecule has 1 amide bonds. The standard InChI is InChI=1S/C22H18BrF3N6O2/c23-16-11(6-27)1-2-13-14(8-28-18(13)16)17-15(22(24,25)26)9-30-19(31-17)29-7-12-5-21(12)3-4-32(10-21)20(33)34/h1-2,8-9,12,28H,3-5,7,10H2,(H,33,34)(H,29,30,31). The van der Waals surface area contributed by atoms with Crippen LogP contribution in [0.25, 0.3) is 22.2 Å². The van der Waals surface area contributed by atoms with Crippen molar-refractivity contribution in [2.45, 2.75) is 19.0 Å². The number of hydrogen-bond donors (Lipinski definition) is 3. The van der Waals surface area contributed by atoms with Crippen LogP contribution in [0.4, 0.5) is 23.9 Å². The Kier molecular flexibility index (Phi) is 5.20. The predicted octanol–water partition coefficient (Wildman–Crippen LogP) is 5.08. The number of nitrogens with zero attached hydrogens (tertiary/aromatic N) is 4. The molecule has 5 rings (SSSR count). The van der Waals surface area contributed by atoms with Crippen LogP contribution in [0.1, 0.15) is 24.0 Å². The van der Waals surface area contributed by atoms with E-state index in [1.54, 1.807) is 6.07 Å². The zero-order valence-electron chi connectivity index (χ0n) is 17.6. The molecular formula is C22H18BrF3N6O2. The third-order valence-electron chi connectivity index (χ3n) is 6.78. The van der Waals surface area contributed by atoms with Crippen LogP contribution in [0.5, 0.6) is 0 Å². The second-order valence-electron chi connectivity index (χ2n) is 8.72. The van der Waals surface area contributed by atoms with E-state index in [1.165, 1.54) is 17.2 Å². The molecule has 2 aromatic heterocycles. The Morgan fingerprint density at radius 3 is 2.91 bits per heavy atom. The summed E-state index contributed by atoms with van der Waals surface area (Å²) in [5.41, 5.74) is -0.199. The fraction of sp³-hybridized carbons (Fsp3) is 0.364. The van der Waals surface area contributed by atoms with Gasteiger partial charge in [0.05, 0.1) is 21.2 Å². The third kappa shape index (κ3) is 3.73. The summed E-state index contributed by atoms with van der Waals surface area (Å²) >= 11 is 3.33. The first kappa shape index (κ1) is 22.5. The summed E-state index contributed by atoms with van der Waals surface area (Å²) in [6, 6.07) is 5.14. The SMILES string of the molecule is N#Cc1ccc2c(-c3nc(NCC4CC45CCN(C(=O)O)C5)ncc3C(F)(F)F)c[nH]c2c1Br. The van der Waals surface area contributed by atoms with E-state index in [1.807, 2.05) is 6.07 Å². The van der Waals surface area contributed by atoms with Crippen molar-refractivity contribution in [2.24, 2.45) is 11.3 Å². The van der Waals surface area contributed by atoms with E-state index >= 15 is 0 Å². The van der Waals surface area contributed by atoms with E-state index in [0.717, 1.165) is 19.0 Å². The number of likely N-dealkylation sites (tertiary alicyclic amines) is 1. The van der Waals surface area contributed by atoms with Crippen molar-refractivity contribution in [2.75, 3.05) is 25.0 Å². The summed E-state index contributed by atoms with van der Waals surface area (Å²) in [5, 5.41) is 21.9. The predicted molar refractivity (Wildman–Crippen MR) is 120 cm³/mol. The van der Waals surface area contributed by atoms with Gasteiger partial charge in [0, 0.05) is 43.0 Å². The molecule has 176 valence electrons. The minimum atomic E-state index is -4.66. The van der Waals surface area contributed by atoms with Gasteiger partial charge < -0.3 is 20.3 Å². The maximum absolute atomic E-state index is 13.8. The number of alkyl halides is 3. The molecule has 3 heterocycles. The summed E-state index contributed by atoms with van der Waals surface area (Å²) in [4.78, 5) is 23.6. The average molecular weight is 535 g/mol. The molecule has 2 unspecified atom stereocenters. The highest BCUT2D eigenvalue weighted by Gasteiger charge is 2.57. The average Bonchev–Trinajstić information content (AvgIpc) is 3.11. The number of carbonyl (C=O) groups is 1. The topological polar surface area (TPSA) is 118 Å². The quantitative estimate of drug-likeness (QED) is 0.429. The van der Waals surface area contributed by atoms with Crippen LogP contribution in [0.3, 0.4) is 0 Å². The molecule has 1 spiro atoms. The number of fused-ring (bicyclic) bond motifs is 1. The number of H-pyrrole nitrogens is 1. The molecule has 12 heteroatoms. The van der Waals surface area contributed by atoms with Gasteiger partial charge in [-0.25, -0.2) is 14.8 Å². The third-order valence-corrected chi connectivity index (χ3v) is 7.61. The lowest BCUT2D eigenvalue weighted by Crippen LogP contribution is -2.27. The number of amides is 1. The van der Waals surface area contributed by atoms with Gasteiger partial charge in [-0.3, -0.25) is 0 Å². The largest absolute Gasteiger partial charge is 0.465 e. The van der Waals surface area contributed by atoms with E-state index in [0.29, 0.717) is 40.6 Å². The Balaban J connectivity index is 1.43. The number of nitriles is 1. The van der Waals surface area contributed by atoms with Crippen molar-refractivity contribution in [3.05, 3.63) is 40.1 Å². The highest BCUT2D eigenvalue weighted by molar-refractivity contribution is 9.10. The number of aromatic nitrogens is 3. The van der Waals surface area contributed by atoms with Gasteiger partial charge in [0.25, 0.3) is 0 Å². The van der Waals surface area contributed by atoms with E-state index in [9.17, 15) is 28.3 Å². The fourth-order valence-corrected chi connectivity index (χ4v) is 5.37. The Labute approximate surface area is 199 Å². The van der Waals surface area contributed by atoms with Crippen LogP contribution in [-0.4, -0.2) is 50.7 Å². The summed E-state index contributed by atoms with van der Waals surface area (Å²) in [5.74, 6) is 0.278. The van der Waals surface area contributed by atoms with Gasteiger partial charge in [0.1, 0.15) is 11.6 Å². The van der Waals surface area contributed by atoms with Crippen LogP contribution in [-0.2, 0) is 6.18 Å². The lowest BCUT2D eigenvalue weighted by atomic mass is 10.0. The van der Waals surface area contributed by atoms with Crippen molar-refractivity contribution in [1.29, 1.82) is 5.26 Å². The van der Waals surface area contributed by atoms with Crippen LogP contribution < -0.4 is 5.32 Å². The maximum atomic E-state index is 13.8. The summed E-state index contributed by atoms with van der Waals surface area (Å²) in [7, 11) is 0. The van der Waals surface area contributed by atoms with Gasteiger partial charge >= 0.3 is 12.3 Å². The summed E-state index contributed by atoms with van der Waals surface area (Å²) < 4.78 is 41.8. The minimum absolute atomic E-state index is 0.0678. The van der Waals surface area contributed by atoms with Gasteiger partial charge in [-0.05, 0) is 46.2 Å². The molecule has 1 saturated heterocycles. The molecule has 3 N–H and O–H groups in total. The van der Waals surface area contributed by atoms with E-state index in [-0.39, 0.29) is 28.5 Å². The summed E-state index contributed by atoms with van der Waals surface area (Å²) in [6.07, 6.45) is -1.75. The molecule has 34 heavy (non-hydrogen) atoms. The Morgan fingerprint density at radius 2 is 2.24 bits per heavy atom. The van der Waals surface area contributed by atoms with Crippen LogP contribution >= 0.6 is 15.9 Å². The van der Waals surface area contributed by atoms with Crippen molar-refractivity contribution in [3.63, 3.8) is 0 Å². The monoisotopic (exact) mass is 534 g/mol. The number of aromatic amines is 1. The highest BCUT2D eigenvalue weighted by atomic mass is 79.9. The van der Waals surface area contributed by atoms with E-state index in [4.69, 9.17) is 0 Å². The molecule has 2 aliphatic rings. The molecule has 1 aliphatic carbocycles. The van der Waals surface area contributed by atoms with Gasteiger partial charge in [-0.15, -0.1) is 0 Å². The smallest absolute Gasteiger partial charge is 0.419 e. The Hall–Kier alpha value is -3.33. The maximum Gasteiger partial charge on any atom is 0.419 e. The van der Waals surface area contributed by atoms with Crippen LogP contribution in [0, 0.1) is 22.7 Å². The minimum Gasteiger partial charge on any atom is -0.465 e. The highest BCUT2D eigenvalue weighted by Crippen LogP contribution is 2.58. The summed E-state index contributed by atoms with van der Waals surface area (Å²) in [6.45, 7) is 1.42. The first-order valence-corrected chi connectivity index (χ1v) is 11.3. The second kappa shape index (κ2) is 7.87. The van der Waals surface area contributed by atoms with Gasteiger partial charge in [-0.2, -0.15) is 18.4 Å². The molecule has 3 aromatic rings. The van der Waals surface area contributed by atoms with Gasteiger partial charge in [0.15, 0.2) is 0 Å². The number of anilines is 1. The first-order valence-electron chi connectivity index (χ1n) is 10.5.